The molecule has 262 valence electrons. The number of esters is 4. The van der Waals surface area contributed by atoms with Crippen molar-refractivity contribution in [2.24, 2.45) is 10.8 Å². The number of rotatable bonds is 12. The number of hydrogen-bond donors (Lipinski definition) is 0. The van der Waals surface area contributed by atoms with Crippen molar-refractivity contribution >= 4 is 41.3 Å². The SMILES string of the molecule is O=C(OCCOC(=O)C1(C(=O)OCCOC(=O)c2ccc([N+](=O)[O-])cc2)C23C4=CC=C5Cc6cccc(c6C512)C=C3CC4)c1ccc([N+](=O)[O-])cc1. The van der Waals surface area contributed by atoms with E-state index in [1.54, 1.807) is 0 Å². The Morgan fingerprint density at radius 3 is 1.65 bits per heavy atom. The average Bonchev–Trinajstić information content (AvgIpc) is 3.33. The van der Waals surface area contributed by atoms with Crippen molar-refractivity contribution in [3.8, 4) is 0 Å². The van der Waals surface area contributed by atoms with Gasteiger partial charge in [-0.3, -0.25) is 29.8 Å². The van der Waals surface area contributed by atoms with Crippen molar-refractivity contribution in [1.82, 2.24) is 0 Å². The van der Waals surface area contributed by atoms with Gasteiger partial charge in [0.05, 0.1) is 31.8 Å². The number of non-ortho nitro benzene ring substituents is 2. The van der Waals surface area contributed by atoms with Crippen LogP contribution in [0.1, 0.15) is 50.2 Å². The molecule has 0 heterocycles. The zero-order valence-electron chi connectivity index (χ0n) is 27.3. The number of hydrogen-bond acceptors (Lipinski definition) is 12. The van der Waals surface area contributed by atoms with Gasteiger partial charge in [0, 0.05) is 24.3 Å². The summed E-state index contributed by atoms with van der Waals surface area (Å²) in [7, 11) is 0. The molecule has 0 saturated heterocycles. The second-order valence-electron chi connectivity index (χ2n) is 13.0. The lowest BCUT2D eigenvalue weighted by molar-refractivity contribution is -0.385. The fourth-order valence-electron chi connectivity index (χ4n) is 9.09. The van der Waals surface area contributed by atoms with Gasteiger partial charge >= 0.3 is 23.9 Å². The lowest BCUT2D eigenvalue weighted by Crippen LogP contribution is -2.39. The van der Waals surface area contributed by atoms with Gasteiger partial charge in [0.25, 0.3) is 11.4 Å². The number of carbonyl (C=O) groups excluding carboxylic acids is 4. The van der Waals surface area contributed by atoms with E-state index in [2.05, 4.69) is 6.08 Å². The van der Waals surface area contributed by atoms with Crippen LogP contribution in [0.3, 0.4) is 0 Å². The Labute approximate surface area is 294 Å². The summed E-state index contributed by atoms with van der Waals surface area (Å²) in [4.78, 5) is 75.3. The van der Waals surface area contributed by atoms with Gasteiger partial charge in [-0.25, -0.2) is 9.59 Å². The highest BCUT2D eigenvalue weighted by Crippen LogP contribution is 2.93. The minimum atomic E-state index is -1.85. The first-order valence-electron chi connectivity index (χ1n) is 16.5. The molecule has 2 fully saturated rings. The van der Waals surface area contributed by atoms with Gasteiger partial charge in [0.1, 0.15) is 26.4 Å². The maximum absolute atomic E-state index is 14.7. The Bertz CT molecular complexity index is 2130. The number of nitrogens with zero attached hydrogens (tertiary/aromatic N) is 2. The van der Waals surface area contributed by atoms with E-state index < -0.39 is 50.0 Å². The number of nitro benzene ring substituents is 2. The first-order valence-corrected chi connectivity index (χ1v) is 16.5. The van der Waals surface area contributed by atoms with Crippen LogP contribution >= 0.6 is 0 Å². The highest BCUT2D eigenvalue weighted by Gasteiger charge is 3.00. The summed E-state index contributed by atoms with van der Waals surface area (Å²) in [5.41, 5.74) is 1.37. The van der Waals surface area contributed by atoms with Crippen molar-refractivity contribution in [1.29, 1.82) is 0 Å². The number of ether oxygens (including phenoxy) is 4. The van der Waals surface area contributed by atoms with Crippen LogP contribution < -0.4 is 0 Å². The van der Waals surface area contributed by atoms with Crippen molar-refractivity contribution in [3.63, 3.8) is 0 Å². The molecule has 2 saturated carbocycles. The summed E-state index contributed by atoms with van der Waals surface area (Å²) in [6.45, 7) is -1.45. The number of benzene rings is 3. The largest absolute Gasteiger partial charge is 0.461 e. The smallest absolute Gasteiger partial charge is 0.338 e. The molecule has 0 bridgehead atoms. The van der Waals surface area contributed by atoms with Crippen LogP contribution in [0.15, 0.2) is 95.6 Å². The fourth-order valence-corrected chi connectivity index (χ4v) is 9.09. The van der Waals surface area contributed by atoms with Crippen LogP contribution in [0.4, 0.5) is 11.4 Å². The second kappa shape index (κ2) is 11.8. The topological polar surface area (TPSA) is 191 Å². The molecule has 5 aliphatic rings. The van der Waals surface area contributed by atoms with Crippen LogP contribution in [0.2, 0.25) is 0 Å². The Hall–Kier alpha value is -6.44. The Morgan fingerprint density at radius 2 is 1.12 bits per heavy atom. The number of carbonyl (C=O) groups is 4. The van der Waals surface area contributed by atoms with Crippen LogP contribution in [0.25, 0.3) is 6.08 Å². The predicted octanol–water partition coefficient (Wildman–Crippen LogP) is 5.14. The molecule has 0 aromatic heterocycles. The summed E-state index contributed by atoms with van der Waals surface area (Å²) in [6, 6.07) is 15.6. The normalized spacial score (nSPS) is 21.7. The first-order chi connectivity index (χ1) is 25.1. The molecule has 14 heteroatoms. The van der Waals surface area contributed by atoms with E-state index >= 15 is 0 Å². The maximum Gasteiger partial charge on any atom is 0.338 e. The average molecular weight is 705 g/mol. The molecule has 3 aromatic carbocycles. The zero-order valence-corrected chi connectivity index (χ0v) is 27.3. The lowest BCUT2D eigenvalue weighted by Gasteiger charge is -2.29. The molecule has 5 aliphatic carbocycles. The van der Waals surface area contributed by atoms with E-state index in [4.69, 9.17) is 18.9 Å². The molecule has 14 nitrogen and oxygen atoms in total. The maximum atomic E-state index is 14.7. The third kappa shape index (κ3) is 4.23. The Kier molecular flexibility index (Phi) is 7.45. The van der Waals surface area contributed by atoms with Gasteiger partial charge in [-0.1, -0.05) is 53.1 Å². The second-order valence-corrected chi connectivity index (χ2v) is 13.0. The van der Waals surface area contributed by atoms with Gasteiger partial charge < -0.3 is 18.9 Å². The molecule has 2 spiro atoms. The van der Waals surface area contributed by atoms with Gasteiger partial charge in [-0.15, -0.1) is 0 Å². The highest BCUT2D eigenvalue weighted by atomic mass is 16.6. The lowest BCUT2D eigenvalue weighted by atomic mass is 9.72. The quantitative estimate of drug-likeness (QED) is 0.0603. The molecule has 2 unspecified atom stereocenters. The molecule has 8 rings (SSSR count). The number of nitro groups is 2. The standard InChI is InChI=1S/C38H28N2O12/c41-32(22-4-12-29(13-5-22)39(45)46)49-16-18-51-34(43)38(35(44)52-19-17-50-33(42)23-6-14-30(15-7-23)40(47)48)36-26-8-10-27(36)20-24-2-1-3-25-21-28(11-9-26)37(36,38)31(24)25/h1-7,9,11-15,20H,8,10,16-19,21H2. The summed E-state index contributed by atoms with van der Waals surface area (Å²) >= 11 is 0. The molecule has 0 N–H and O–H groups in total. The Morgan fingerprint density at radius 1 is 0.615 bits per heavy atom. The van der Waals surface area contributed by atoms with Gasteiger partial charge in [0.2, 0.25) is 0 Å². The van der Waals surface area contributed by atoms with Crippen molar-refractivity contribution in [2.75, 3.05) is 26.4 Å². The van der Waals surface area contributed by atoms with Crippen molar-refractivity contribution in [2.45, 2.75) is 24.7 Å². The monoisotopic (exact) mass is 704 g/mol. The third-order valence-electron chi connectivity index (χ3n) is 10.8. The first kappa shape index (κ1) is 32.7. The molecule has 3 aromatic rings. The molecule has 0 aliphatic heterocycles. The van der Waals surface area contributed by atoms with E-state index in [9.17, 15) is 39.4 Å². The van der Waals surface area contributed by atoms with Crippen LogP contribution in [-0.2, 0) is 40.4 Å². The van der Waals surface area contributed by atoms with E-state index in [1.165, 1.54) is 48.5 Å². The summed E-state index contributed by atoms with van der Waals surface area (Å²) in [5, 5.41) is 21.9. The summed E-state index contributed by atoms with van der Waals surface area (Å²) in [5.74, 6) is -3.21. The van der Waals surface area contributed by atoms with Crippen LogP contribution in [0, 0.1) is 31.1 Å². The summed E-state index contributed by atoms with van der Waals surface area (Å²) in [6.07, 6.45) is 7.82. The minimum Gasteiger partial charge on any atom is -0.461 e. The van der Waals surface area contributed by atoms with Crippen molar-refractivity contribution in [3.05, 3.63) is 144 Å². The van der Waals surface area contributed by atoms with Gasteiger partial charge in [-0.2, -0.15) is 0 Å². The summed E-state index contributed by atoms with van der Waals surface area (Å²) < 4.78 is 22.2. The predicted molar refractivity (Wildman–Crippen MR) is 179 cm³/mol. The van der Waals surface area contributed by atoms with Crippen LogP contribution in [0.5, 0.6) is 0 Å². The number of allylic oxidation sites excluding steroid dienone is 5. The van der Waals surface area contributed by atoms with Gasteiger partial charge in [0.15, 0.2) is 5.41 Å². The van der Waals surface area contributed by atoms with E-state index in [1.807, 2.05) is 30.4 Å². The van der Waals surface area contributed by atoms with E-state index in [-0.39, 0.29) is 48.9 Å². The van der Waals surface area contributed by atoms with Crippen molar-refractivity contribution < 1.29 is 48.0 Å². The molecule has 0 radical (unpaired) electrons. The Balaban J connectivity index is 1.04. The van der Waals surface area contributed by atoms with E-state index in [0.717, 1.165) is 33.4 Å². The molecule has 2 atom stereocenters. The minimum absolute atomic E-state index is 0.0727. The molecule has 52 heavy (non-hydrogen) atoms. The molecule has 0 amide bonds. The highest BCUT2D eigenvalue weighted by molar-refractivity contribution is 6.15. The third-order valence-corrected chi connectivity index (χ3v) is 10.8. The molecular weight excluding hydrogens is 676 g/mol. The van der Waals surface area contributed by atoms with Gasteiger partial charge in [-0.05, 0) is 60.2 Å². The van der Waals surface area contributed by atoms with E-state index in [0.29, 0.717) is 19.3 Å². The molecular formula is C38H28N2O12. The fraction of sp³-hybridized carbons (Fsp3) is 0.263. The zero-order chi connectivity index (χ0) is 36.4. The van der Waals surface area contributed by atoms with Crippen LogP contribution in [-0.4, -0.2) is 60.2 Å².